The van der Waals surface area contributed by atoms with Crippen molar-refractivity contribution in [3.8, 4) is 5.75 Å². The first kappa shape index (κ1) is 19.7. The average molecular weight is 413 g/mol. The molecule has 1 aliphatic rings. The Morgan fingerprint density at radius 1 is 1.28 bits per heavy atom. The maximum atomic E-state index is 12.6. The van der Waals surface area contributed by atoms with Crippen LogP contribution in [0.4, 0.5) is 0 Å². The molecule has 1 atom stereocenters. The van der Waals surface area contributed by atoms with Crippen molar-refractivity contribution in [1.82, 2.24) is 10.3 Å². The molecule has 1 aliphatic heterocycles. The van der Waals surface area contributed by atoms with Crippen molar-refractivity contribution in [2.45, 2.75) is 32.4 Å². The van der Waals surface area contributed by atoms with Crippen molar-refractivity contribution in [3.63, 3.8) is 0 Å². The van der Waals surface area contributed by atoms with E-state index in [9.17, 15) is 4.79 Å². The molecule has 29 heavy (non-hydrogen) atoms. The van der Waals surface area contributed by atoms with Gasteiger partial charge in [-0.1, -0.05) is 0 Å². The summed E-state index contributed by atoms with van der Waals surface area (Å²) in [6, 6.07) is 11.3. The van der Waals surface area contributed by atoms with E-state index in [2.05, 4.69) is 10.3 Å². The van der Waals surface area contributed by atoms with Gasteiger partial charge in [0.1, 0.15) is 12.4 Å². The minimum Gasteiger partial charge on any atom is -0.487 e. The average Bonchev–Trinajstić information content (AvgIpc) is 3.50. The lowest BCUT2D eigenvalue weighted by atomic mass is 10.1. The minimum atomic E-state index is -0.0816. The number of benzene rings is 1. The molecule has 2 N–H and O–H groups in total. The van der Waals surface area contributed by atoms with E-state index in [1.54, 1.807) is 29.7 Å². The molecular weight excluding hydrogens is 386 g/mol. The number of rotatable bonds is 8. The lowest BCUT2D eigenvalue weighted by molar-refractivity contribution is -0.919. The molecule has 4 rings (SSSR count). The van der Waals surface area contributed by atoms with Crippen LogP contribution in [0.3, 0.4) is 0 Å². The molecule has 0 spiro atoms. The van der Waals surface area contributed by atoms with Gasteiger partial charge in [0.25, 0.3) is 5.91 Å². The SMILES string of the molecule is Cc1nc(COc2ccc(C(=O)NC[C@@H](c3ccco3)[NH+]3CCCC3)cc2)cs1. The zero-order chi connectivity index (χ0) is 20.1. The molecule has 152 valence electrons. The van der Waals surface area contributed by atoms with Crippen molar-refractivity contribution in [1.29, 1.82) is 0 Å². The number of likely N-dealkylation sites (tertiary alicyclic amines) is 1. The van der Waals surface area contributed by atoms with Gasteiger partial charge in [-0.15, -0.1) is 11.3 Å². The third-order valence-corrected chi connectivity index (χ3v) is 6.08. The number of aromatic nitrogens is 1. The van der Waals surface area contributed by atoms with E-state index in [-0.39, 0.29) is 11.9 Å². The molecular formula is C22H26N3O3S+. The van der Waals surface area contributed by atoms with Gasteiger partial charge >= 0.3 is 0 Å². The number of nitrogens with zero attached hydrogens (tertiary/aromatic N) is 1. The summed E-state index contributed by atoms with van der Waals surface area (Å²) in [7, 11) is 0. The first-order chi connectivity index (χ1) is 14.2. The number of amides is 1. The molecule has 0 aliphatic carbocycles. The van der Waals surface area contributed by atoms with Gasteiger partial charge in [0, 0.05) is 23.8 Å². The maximum absolute atomic E-state index is 12.6. The zero-order valence-corrected chi connectivity index (χ0v) is 17.3. The fourth-order valence-electron chi connectivity index (χ4n) is 3.74. The van der Waals surface area contributed by atoms with Crippen LogP contribution in [0.1, 0.15) is 45.7 Å². The lowest BCUT2D eigenvalue weighted by Gasteiger charge is -2.23. The molecule has 1 fully saturated rings. The number of hydrogen-bond donors (Lipinski definition) is 2. The van der Waals surface area contributed by atoms with Crippen molar-refractivity contribution >= 4 is 17.2 Å². The third kappa shape index (κ3) is 5.05. The second kappa shape index (κ2) is 9.24. The largest absolute Gasteiger partial charge is 0.487 e. The van der Waals surface area contributed by atoms with Crippen LogP contribution >= 0.6 is 11.3 Å². The van der Waals surface area contributed by atoms with E-state index in [1.807, 2.05) is 36.6 Å². The minimum absolute atomic E-state index is 0.0816. The quantitative estimate of drug-likeness (QED) is 0.597. The van der Waals surface area contributed by atoms with Crippen molar-refractivity contribution in [2.24, 2.45) is 0 Å². The van der Waals surface area contributed by atoms with Gasteiger partial charge in [-0.05, 0) is 43.3 Å². The van der Waals surface area contributed by atoms with E-state index in [0.717, 1.165) is 35.3 Å². The number of thiazole rings is 1. The first-order valence-corrected chi connectivity index (χ1v) is 10.9. The third-order valence-electron chi connectivity index (χ3n) is 5.26. The molecule has 0 bridgehead atoms. The monoisotopic (exact) mass is 412 g/mol. The van der Waals surface area contributed by atoms with E-state index in [4.69, 9.17) is 9.15 Å². The van der Waals surface area contributed by atoms with Crippen molar-refractivity contribution in [3.05, 3.63) is 70.1 Å². The van der Waals surface area contributed by atoms with Gasteiger partial charge in [0.05, 0.1) is 36.6 Å². The molecule has 3 heterocycles. The Bertz CT molecular complexity index is 915. The van der Waals surface area contributed by atoms with Crippen LogP contribution in [0.5, 0.6) is 5.75 Å². The van der Waals surface area contributed by atoms with E-state index >= 15 is 0 Å². The number of carbonyl (C=O) groups is 1. The van der Waals surface area contributed by atoms with Crippen molar-refractivity contribution < 1.29 is 18.8 Å². The van der Waals surface area contributed by atoms with Crippen LogP contribution in [0, 0.1) is 6.92 Å². The van der Waals surface area contributed by atoms with Crippen LogP contribution in [0.2, 0.25) is 0 Å². The number of aryl methyl sites for hydroxylation is 1. The van der Waals surface area contributed by atoms with Gasteiger partial charge in [0.15, 0.2) is 11.8 Å². The van der Waals surface area contributed by atoms with E-state index in [1.165, 1.54) is 17.7 Å². The number of furan rings is 1. The van der Waals surface area contributed by atoms with Crippen molar-refractivity contribution in [2.75, 3.05) is 19.6 Å². The van der Waals surface area contributed by atoms with E-state index in [0.29, 0.717) is 18.7 Å². The first-order valence-electron chi connectivity index (χ1n) is 9.99. The van der Waals surface area contributed by atoms with Crippen LogP contribution in [0.25, 0.3) is 0 Å². The fraction of sp³-hybridized carbons (Fsp3) is 0.364. The Labute approximate surface area is 174 Å². The Hall–Kier alpha value is -2.64. The highest BCUT2D eigenvalue weighted by Gasteiger charge is 2.29. The van der Waals surface area contributed by atoms with Crippen LogP contribution < -0.4 is 15.0 Å². The Kier molecular flexibility index (Phi) is 6.27. The van der Waals surface area contributed by atoms with Gasteiger partial charge in [0.2, 0.25) is 0 Å². The number of hydrogen-bond acceptors (Lipinski definition) is 5. The van der Waals surface area contributed by atoms with Gasteiger partial charge in [-0.25, -0.2) is 4.98 Å². The molecule has 0 radical (unpaired) electrons. The number of quaternary nitrogens is 1. The summed E-state index contributed by atoms with van der Waals surface area (Å²) < 4.78 is 11.4. The Morgan fingerprint density at radius 3 is 2.72 bits per heavy atom. The van der Waals surface area contributed by atoms with Gasteiger partial charge in [-0.3, -0.25) is 4.79 Å². The normalized spacial score (nSPS) is 15.3. The van der Waals surface area contributed by atoms with E-state index < -0.39 is 0 Å². The van der Waals surface area contributed by atoms with Gasteiger partial charge < -0.3 is 19.4 Å². The summed E-state index contributed by atoms with van der Waals surface area (Å²) in [6.07, 6.45) is 4.15. The molecule has 6 nitrogen and oxygen atoms in total. The molecule has 1 amide bonds. The number of ether oxygens (including phenoxy) is 1. The molecule has 0 saturated carbocycles. The molecule has 3 aromatic rings. The summed E-state index contributed by atoms with van der Waals surface area (Å²) in [4.78, 5) is 18.5. The summed E-state index contributed by atoms with van der Waals surface area (Å²) in [6.45, 7) is 5.20. The molecule has 2 aromatic heterocycles. The predicted octanol–water partition coefficient (Wildman–Crippen LogP) is 2.77. The number of nitrogens with one attached hydrogen (secondary N) is 2. The second-order valence-electron chi connectivity index (χ2n) is 7.31. The Balaban J connectivity index is 1.32. The standard InChI is InChI=1S/C22H25N3O3S/c1-16-24-18(15-29-16)14-28-19-8-6-17(7-9-19)22(26)23-13-20(21-5-4-12-27-21)25-10-2-3-11-25/h4-9,12,15,20H,2-3,10-11,13-14H2,1H3,(H,23,26)/p+1/t20-/m0/s1. The Morgan fingerprint density at radius 2 is 2.07 bits per heavy atom. The second-order valence-corrected chi connectivity index (χ2v) is 8.38. The predicted molar refractivity (Wildman–Crippen MR) is 111 cm³/mol. The zero-order valence-electron chi connectivity index (χ0n) is 16.5. The highest BCUT2D eigenvalue weighted by molar-refractivity contribution is 7.09. The summed E-state index contributed by atoms with van der Waals surface area (Å²) >= 11 is 1.61. The summed E-state index contributed by atoms with van der Waals surface area (Å²) in [5.41, 5.74) is 1.54. The highest BCUT2D eigenvalue weighted by atomic mass is 32.1. The number of carbonyl (C=O) groups excluding carboxylic acids is 1. The molecule has 7 heteroatoms. The summed E-state index contributed by atoms with van der Waals surface area (Å²) in [5.74, 6) is 1.58. The smallest absolute Gasteiger partial charge is 0.251 e. The lowest BCUT2D eigenvalue weighted by Crippen LogP contribution is -3.11. The molecule has 1 saturated heterocycles. The van der Waals surface area contributed by atoms with Crippen LogP contribution in [0.15, 0.2) is 52.5 Å². The van der Waals surface area contributed by atoms with Crippen LogP contribution in [-0.4, -0.2) is 30.5 Å². The van der Waals surface area contributed by atoms with Gasteiger partial charge in [-0.2, -0.15) is 0 Å². The molecule has 0 unspecified atom stereocenters. The topological polar surface area (TPSA) is 68.8 Å². The maximum Gasteiger partial charge on any atom is 0.251 e. The summed E-state index contributed by atoms with van der Waals surface area (Å²) in [5, 5.41) is 6.10. The fourth-order valence-corrected chi connectivity index (χ4v) is 4.34. The van der Waals surface area contributed by atoms with Crippen LogP contribution in [-0.2, 0) is 6.61 Å². The molecule has 1 aromatic carbocycles. The highest BCUT2D eigenvalue weighted by Crippen LogP contribution is 2.16.